The van der Waals surface area contributed by atoms with Crippen LogP contribution in [0.25, 0.3) is 0 Å². The maximum atomic E-state index is 12.0. The summed E-state index contributed by atoms with van der Waals surface area (Å²) in [5.41, 5.74) is 3.25. The number of anilines is 1. The number of amides is 3. The molecule has 10 heteroatoms. The monoisotopic (exact) mass is 464 g/mol. The molecule has 0 saturated carbocycles. The lowest BCUT2D eigenvalue weighted by Crippen LogP contribution is -2.39. The smallest absolute Gasteiger partial charge is 0.329 e. The number of ether oxygens (including phenoxy) is 1. The quantitative estimate of drug-likeness (QED) is 0.316. The molecule has 0 fully saturated rings. The van der Waals surface area contributed by atoms with Crippen LogP contribution in [0.2, 0.25) is 10.0 Å². The fraction of sp³-hybridized carbons (Fsp3) is 0.238. The van der Waals surface area contributed by atoms with E-state index in [9.17, 15) is 14.4 Å². The molecule has 0 atom stereocenters. The number of carbonyl (C=O) groups excluding carboxylic acids is 3. The van der Waals surface area contributed by atoms with Gasteiger partial charge in [0.2, 0.25) is 0 Å². The first kappa shape index (κ1) is 24.2. The van der Waals surface area contributed by atoms with Gasteiger partial charge in [0.05, 0.1) is 16.3 Å². The second-order valence-electron chi connectivity index (χ2n) is 6.84. The normalized spacial score (nSPS) is 10.7. The number of nitrogens with zero attached hydrogens (tertiary/aromatic N) is 1. The summed E-state index contributed by atoms with van der Waals surface area (Å²) in [6.07, 6.45) is 1.36. The van der Waals surface area contributed by atoms with Crippen LogP contribution in [-0.2, 0) is 14.4 Å². The predicted octanol–water partition coefficient (Wildman–Crippen LogP) is 3.23. The number of benzene rings is 2. The largest absolute Gasteiger partial charge is 0.484 e. The maximum Gasteiger partial charge on any atom is 0.329 e. The Labute approximate surface area is 189 Å². The molecule has 164 valence electrons. The second kappa shape index (κ2) is 11.9. The standard InChI is InChI=1S/C21H22Cl2N4O4/c1-13(2)10-24-20(29)21(30)27-25-11-14-4-3-5-16(8-14)31-12-19(28)26-15-6-7-17(22)18(23)9-15/h3-9,11,13H,10,12H2,1-2H3,(H,24,29)(H,26,28)(H,27,30)/b25-11-. The minimum atomic E-state index is -0.858. The van der Waals surface area contributed by atoms with Crippen molar-refractivity contribution in [1.29, 1.82) is 0 Å². The van der Waals surface area contributed by atoms with E-state index in [0.29, 0.717) is 33.6 Å². The van der Waals surface area contributed by atoms with Gasteiger partial charge in [0, 0.05) is 12.2 Å². The zero-order chi connectivity index (χ0) is 22.8. The molecule has 2 aromatic carbocycles. The highest BCUT2D eigenvalue weighted by Crippen LogP contribution is 2.25. The van der Waals surface area contributed by atoms with E-state index in [0.717, 1.165) is 0 Å². The summed E-state index contributed by atoms with van der Waals surface area (Å²) in [5.74, 6) is -1.33. The van der Waals surface area contributed by atoms with Crippen LogP contribution in [0.15, 0.2) is 47.6 Å². The highest BCUT2D eigenvalue weighted by Gasteiger charge is 2.12. The van der Waals surface area contributed by atoms with Gasteiger partial charge >= 0.3 is 11.8 Å². The molecule has 0 aliphatic carbocycles. The van der Waals surface area contributed by atoms with Crippen LogP contribution in [0, 0.1) is 5.92 Å². The van der Waals surface area contributed by atoms with Gasteiger partial charge in [-0.2, -0.15) is 5.10 Å². The minimum Gasteiger partial charge on any atom is -0.484 e. The molecular formula is C21H22Cl2N4O4. The molecule has 0 aromatic heterocycles. The van der Waals surface area contributed by atoms with Crippen LogP contribution >= 0.6 is 23.2 Å². The summed E-state index contributed by atoms with van der Waals surface area (Å²) in [6.45, 7) is 4.01. The number of halogens is 2. The molecule has 3 N–H and O–H groups in total. The fourth-order valence-corrected chi connectivity index (χ4v) is 2.50. The summed E-state index contributed by atoms with van der Waals surface area (Å²) < 4.78 is 5.47. The van der Waals surface area contributed by atoms with E-state index in [1.165, 1.54) is 12.3 Å². The summed E-state index contributed by atoms with van der Waals surface area (Å²) in [6, 6.07) is 11.5. The predicted molar refractivity (Wildman–Crippen MR) is 121 cm³/mol. The molecule has 8 nitrogen and oxygen atoms in total. The van der Waals surface area contributed by atoms with Crippen molar-refractivity contribution in [2.24, 2.45) is 11.0 Å². The van der Waals surface area contributed by atoms with E-state index in [-0.39, 0.29) is 18.4 Å². The van der Waals surface area contributed by atoms with Crippen LogP contribution in [0.4, 0.5) is 5.69 Å². The topological polar surface area (TPSA) is 109 Å². The summed E-state index contributed by atoms with van der Waals surface area (Å²) in [7, 11) is 0. The minimum absolute atomic E-state index is 0.229. The molecule has 2 rings (SSSR count). The van der Waals surface area contributed by atoms with Crippen LogP contribution < -0.4 is 20.8 Å². The molecule has 0 heterocycles. The Morgan fingerprint density at radius 2 is 1.84 bits per heavy atom. The van der Waals surface area contributed by atoms with Gasteiger partial charge in [-0.3, -0.25) is 14.4 Å². The maximum absolute atomic E-state index is 12.0. The molecular weight excluding hydrogens is 443 g/mol. The molecule has 0 unspecified atom stereocenters. The zero-order valence-corrected chi connectivity index (χ0v) is 18.5. The van der Waals surface area contributed by atoms with Gasteiger partial charge in [-0.1, -0.05) is 49.2 Å². The first-order valence-electron chi connectivity index (χ1n) is 9.33. The summed E-state index contributed by atoms with van der Waals surface area (Å²) >= 11 is 11.8. The molecule has 0 spiro atoms. The van der Waals surface area contributed by atoms with Crippen LogP contribution in [-0.4, -0.2) is 37.1 Å². The molecule has 0 aliphatic heterocycles. The number of hydrogen-bond donors (Lipinski definition) is 3. The van der Waals surface area contributed by atoms with E-state index in [4.69, 9.17) is 27.9 Å². The van der Waals surface area contributed by atoms with Crippen LogP contribution in [0.3, 0.4) is 0 Å². The third-order valence-corrected chi connectivity index (χ3v) is 4.43. The van der Waals surface area contributed by atoms with Crippen molar-refractivity contribution in [3.63, 3.8) is 0 Å². The average molecular weight is 465 g/mol. The van der Waals surface area contributed by atoms with Gasteiger partial charge in [-0.15, -0.1) is 0 Å². The van der Waals surface area contributed by atoms with Crippen molar-refractivity contribution in [2.75, 3.05) is 18.5 Å². The van der Waals surface area contributed by atoms with E-state index >= 15 is 0 Å². The number of nitrogens with one attached hydrogen (secondary N) is 3. The first-order chi connectivity index (χ1) is 14.7. The number of hydrazone groups is 1. The van der Waals surface area contributed by atoms with Crippen molar-refractivity contribution >= 4 is 52.8 Å². The molecule has 0 bridgehead atoms. The Kier molecular flexibility index (Phi) is 9.30. The molecule has 2 aromatic rings. The van der Waals surface area contributed by atoms with Gasteiger partial charge in [0.15, 0.2) is 6.61 Å². The average Bonchev–Trinajstić information content (AvgIpc) is 2.73. The lowest BCUT2D eigenvalue weighted by molar-refractivity contribution is -0.139. The molecule has 31 heavy (non-hydrogen) atoms. The second-order valence-corrected chi connectivity index (χ2v) is 7.66. The van der Waals surface area contributed by atoms with Gasteiger partial charge in [-0.05, 0) is 41.8 Å². The van der Waals surface area contributed by atoms with E-state index < -0.39 is 11.8 Å². The van der Waals surface area contributed by atoms with E-state index in [1.54, 1.807) is 36.4 Å². The van der Waals surface area contributed by atoms with E-state index in [1.807, 2.05) is 13.8 Å². The Morgan fingerprint density at radius 1 is 1.06 bits per heavy atom. The fourth-order valence-electron chi connectivity index (χ4n) is 2.20. The highest BCUT2D eigenvalue weighted by atomic mass is 35.5. The van der Waals surface area contributed by atoms with Crippen molar-refractivity contribution in [2.45, 2.75) is 13.8 Å². The third-order valence-electron chi connectivity index (χ3n) is 3.69. The molecule has 3 amide bonds. The van der Waals surface area contributed by atoms with Gasteiger partial charge in [0.1, 0.15) is 5.75 Å². The van der Waals surface area contributed by atoms with Crippen molar-refractivity contribution in [3.8, 4) is 5.75 Å². The van der Waals surface area contributed by atoms with Crippen molar-refractivity contribution in [1.82, 2.24) is 10.7 Å². The van der Waals surface area contributed by atoms with Crippen molar-refractivity contribution in [3.05, 3.63) is 58.1 Å². The first-order valence-corrected chi connectivity index (χ1v) is 10.1. The summed E-state index contributed by atoms with van der Waals surface area (Å²) in [4.78, 5) is 35.3. The lowest BCUT2D eigenvalue weighted by atomic mass is 10.2. The number of rotatable bonds is 8. The van der Waals surface area contributed by atoms with Crippen LogP contribution in [0.1, 0.15) is 19.4 Å². The Hall–Kier alpha value is -3.10. The van der Waals surface area contributed by atoms with Gasteiger partial charge in [0.25, 0.3) is 5.91 Å². The zero-order valence-electron chi connectivity index (χ0n) is 16.9. The summed E-state index contributed by atoms with van der Waals surface area (Å²) in [5, 5.41) is 9.62. The van der Waals surface area contributed by atoms with Gasteiger partial charge in [-0.25, -0.2) is 5.43 Å². The third kappa shape index (κ3) is 8.65. The Bertz CT molecular complexity index is 980. The molecule has 0 saturated heterocycles. The molecule has 0 aliphatic rings. The highest BCUT2D eigenvalue weighted by molar-refractivity contribution is 6.42. The van der Waals surface area contributed by atoms with E-state index in [2.05, 4.69) is 21.2 Å². The Balaban J connectivity index is 1.83. The molecule has 0 radical (unpaired) electrons. The lowest BCUT2D eigenvalue weighted by Gasteiger charge is -2.09. The number of hydrogen-bond acceptors (Lipinski definition) is 5. The number of carbonyl (C=O) groups is 3. The van der Waals surface area contributed by atoms with Gasteiger partial charge < -0.3 is 15.4 Å². The SMILES string of the molecule is CC(C)CNC(=O)C(=O)N/N=C\c1cccc(OCC(=O)Nc2ccc(Cl)c(Cl)c2)c1. The Morgan fingerprint density at radius 3 is 2.55 bits per heavy atom. The van der Waals surface area contributed by atoms with Crippen LogP contribution in [0.5, 0.6) is 5.75 Å². The van der Waals surface area contributed by atoms with Crippen molar-refractivity contribution < 1.29 is 19.1 Å².